The number of carbonyl (C=O) groups excluding carboxylic acids is 1. The average molecular weight is 383 g/mol. The first-order valence-electron chi connectivity index (χ1n) is 10.1. The molecule has 3 nitrogen and oxygen atoms in total. The van der Waals surface area contributed by atoms with E-state index < -0.39 is 0 Å². The number of likely N-dealkylation sites (tertiary alicyclic amines) is 1. The summed E-state index contributed by atoms with van der Waals surface area (Å²) in [4.78, 5) is 19.4. The molecule has 2 aliphatic rings. The minimum Gasteiger partial charge on any atom is -0.339 e. The lowest BCUT2D eigenvalue weighted by Crippen LogP contribution is -2.43. The maximum Gasteiger partial charge on any atom is 0.226 e. The van der Waals surface area contributed by atoms with Crippen LogP contribution in [-0.4, -0.2) is 28.4 Å². The van der Waals surface area contributed by atoms with Gasteiger partial charge in [-0.25, -0.2) is 0 Å². The Hall–Kier alpha value is -1.87. The van der Waals surface area contributed by atoms with E-state index in [4.69, 9.17) is 11.6 Å². The smallest absolute Gasteiger partial charge is 0.226 e. The molecule has 4 heteroatoms. The molecule has 1 saturated carbocycles. The van der Waals surface area contributed by atoms with Crippen LogP contribution in [0.1, 0.15) is 44.6 Å². The van der Waals surface area contributed by atoms with E-state index in [2.05, 4.69) is 28.9 Å². The molecule has 2 fully saturated rings. The molecule has 2 heterocycles. The molecule has 27 heavy (non-hydrogen) atoms. The summed E-state index contributed by atoms with van der Waals surface area (Å²) in [6, 6.07) is 10.5. The number of aromatic nitrogens is 1. The zero-order valence-corrected chi connectivity index (χ0v) is 16.7. The number of rotatable bonds is 4. The molecule has 0 radical (unpaired) electrons. The number of hydrogen-bond donors (Lipinski definition) is 0. The van der Waals surface area contributed by atoms with Gasteiger partial charge in [-0.3, -0.25) is 9.78 Å². The normalized spacial score (nSPS) is 25.8. The summed E-state index contributed by atoms with van der Waals surface area (Å²) in [5.74, 6) is 1.03. The molecule has 0 N–H and O–H groups in total. The quantitative estimate of drug-likeness (QED) is 0.712. The Kier molecular flexibility index (Phi) is 5.49. The highest BCUT2D eigenvalue weighted by molar-refractivity contribution is 6.31. The molecule has 1 amide bonds. The van der Waals surface area contributed by atoms with E-state index in [1.165, 1.54) is 25.7 Å². The topological polar surface area (TPSA) is 33.2 Å². The fourth-order valence-electron chi connectivity index (χ4n) is 4.73. The van der Waals surface area contributed by atoms with Gasteiger partial charge in [-0.15, -0.1) is 0 Å². The van der Waals surface area contributed by atoms with Crippen molar-refractivity contribution in [1.29, 1.82) is 0 Å². The van der Waals surface area contributed by atoms with Crippen LogP contribution >= 0.6 is 11.6 Å². The second-order valence-electron chi connectivity index (χ2n) is 8.10. The number of amides is 1. The van der Waals surface area contributed by atoms with E-state index in [1.807, 2.05) is 24.4 Å². The highest BCUT2D eigenvalue weighted by atomic mass is 35.5. The number of halogens is 1. The van der Waals surface area contributed by atoms with Gasteiger partial charge in [0, 0.05) is 41.5 Å². The monoisotopic (exact) mass is 382 g/mol. The van der Waals surface area contributed by atoms with Crippen LogP contribution in [0.5, 0.6) is 0 Å². The molecular weight excluding hydrogens is 356 g/mol. The molecule has 1 unspecified atom stereocenters. The van der Waals surface area contributed by atoms with Crippen molar-refractivity contribution < 1.29 is 4.79 Å². The van der Waals surface area contributed by atoms with E-state index in [0.717, 1.165) is 41.1 Å². The third-order valence-electron chi connectivity index (χ3n) is 6.33. The Morgan fingerprint density at radius 2 is 2.00 bits per heavy atom. The molecule has 1 aliphatic carbocycles. The fourth-order valence-corrected chi connectivity index (χ4v) is 4.99. The van der Waals surface area contributed by atoms with Crippen molar-refractivity contribution in [1.82, 2.24) is 9.88 Å². The van der Waals surface area contributed by atoms with Crippen LogP contribution in [0.25, 0.3) is 11.1 Å². The molecule has 0 bridgehead atoms. The Bertz CT molecular complexity index is 807. The summed E-state index contributed by atoms with van der Waals surface area (Å²) in [5.41, 5.74) is 3.19. The number of hydrogen-bond acceptors (Lipinski definition) is 2. The minimum absolute atomic E-state index is 0.0702. The Labute approximate surface area is 166 Å². The van der Waals surface area contributed by atoms with Crippen LogP contribution in [0.4, 0.5) is 0 Å². The molecule has 4 rings (SSSR count). The van der Waals surface area contributed by atoms with Crippen LogP contribution in [0.3, 0.4) is 0 Å². The first kappa shape index (κ1) is 18.5. The second-order valence-corrected chi connectivity index (χ2v) is 8.51. The highest BCUT2D eigenvalue weighted by Crippen LogP contribution is 2.34. The Balaban J connectivity index is 1.46. The molecular formula is C23H27ClN2O. The number of carbonyl (C=O) groups is 1. The van der Waals surface area contributed by atoms with Crippen molar-refractivity contribution in [2.45, 2.75) is 51.5 Å². The van der Waals surface area contributed by atoms with Crippen LogP contribution in [0.2, 0.25) is 5.02 Å². The van der Waals surface area contributed by atoms with Crippen molar-refractivity contribution >= 4 is 17.5 Å². The van der Waals surface area contributed by atoms with E-state index in [1.54, 1.807) is 6.20 Å². The third-order valence-corrected chi connectivity index (χ3v) is 6.68. The highest BCUT2D eigenvalue weighted by Gasteiger charge is 2.38. The van der Waals surface area contributed by atoms with E-state index in [0.29, 0.717) is 17.9 Å². The van der Waals surface area contributed by atoms with E-state index in [9.17, 15) is 4.79 Å². The second kappa shape index (κ2) is 8.02. The standard InChI is InChI=1S/C23H27ClN2O/c1-16-5-2-3-7-22(16)26-12-10-19(23(26)27)13-18-9-8-17(14-21(18)24)20-6-4-11-25-15-20/h4,6,8-9,11,14-16,19,22H,2-3,5,7,10,12-13H2,1H3/t16-,19?,22+/m0/s1. The van der Waals surface area contributed by atoms with Crippen molar-refractivity contribution in [2.24, 2.45) is 11.8 Å². The molecule has 1 aliphatic heterocycles. The zero-order valence-electron chi connectivity index (χ0n) is 15.9. The van der Waals surface area contributed by atoms with Gasteiger partial charge in [0.15, 0.2) is 0 Å². The molecule has 1 saturated heterocycles. The maximum absolute atomic E-state index is 13.0. The predicted octanol–water partition coefficient (Wildman–Crippen LogP) is 5.37. The van der Waals surface area contributed by atoms with Crippen LogP contribution in [-0.2, 0) is 11.2 Å². The summed E-state index contributed by atoms with van der Waals surface area (Å²) in [6.07, 6.45) is 10.3. The summed E-state index contributed by atoms with van der Waals surface area (Å²) in [7, 11) is 0. The van der Waals surface area contributed by atoms with Crippen LogP contribution in [0.15, 0.2) is 42.7 Å². The maximum atomic E-state index is 13.0. The SMILES string of the molecule is C[C@H]1CCCC[C@H]1N1CCC(Cc2ccc(-c3cccnc3)cc2Cl)C1=O. The number of nitrogens with zero attached hydrogens (tertiary/aromatic N) is 2. The lowest BCUT2D eigenvalue weighted by Gasteiger charge is -2.36. The van der Waals surface area contributed by atoms with Gasteiger partial charge in [0.05, 0.1) is 0 Å². The molecule has 1 aromatic heterocycles. The average Bonchev–Trinajstić information content (AvgIpc) is 3.05. The van der Waals surface area contributed by atoms with Gasteiger partial charge in [-0.2, -0.15) is 0 Å². The van der Waals surface area contributed by atoms with Crippen molar-refractivity contribution in [3.63, 3.8) is 0 Å². The van der Waals surface area contributed by atoms with Crippen LogP contribution < -0.4 is 0 Å². The first-order chi connectivity index (χ1) is 13.1. The fraction of sp³-hybridized carbons (Fsp3) is 0.478. The molecule has 2 aromatic rings. The number of pyridine rings is 1. The third kappa shape index (κ3) is 3.89. The summed E-state index contributed by atoms with van der Waals surface area (Å²) < 4.78 is 0. The Morgan fingerprint density at radius 3 is 2.74 bits per heavy atom. The summed E-state index contributed by atoms with van der Waals surface area (Å²) in [6.45, 7) is 3.21. The van der Waals surface area contributed by atoms with Gasteiger partial charge in [0.1, 0.15) is 0 Å². The zero-order chi connectivity index (χ0) is 18.8. The predicted molar refractivity (Wildman–Crippen MR) is 110 cm³/mol. The lowest BCUT2D eigenvalue weighted by atomic mass is 9.85. The van der Waals surface area contributed by atoms with E-state index >= 15 is 0 Å². The largest absolute Gasteiger partial charge is 0.339 e. The summed E-state index contributed by atoms with van der Waals surface area (Å²) in [5, 5.41) is 0.744. The van der Waals surface area contributed by atoms with Gasteiger partial charge in [0.25, 0.3) is 0 Å². The van der Waals surface area contributed by atoms with Crippen molar-refractivity contribution in [3.8, 4) is 11.1 Å². The van der Waals surface area contributed by atoms with Gasteiger partial charge in [-0.1, -0.05) is 49.6 Å². The number of benzene rings is 1. The van der Waals surface area contributed by atoms with Crippen molar-refractivity contribution in [3.05, 3.63) is 53.3 Å². The van der Waals surface area contributed by atoms with Gasteiger partial charge in [0.2, 0.25) is 5.91 Å². The lowest BCUT2D eigenvalue weighted by molar-refractivity contribution is -0.134. The van der Waals surface area contributed by atoms with Crippen molar-refractivity contribution in [2.75, 3.05) is 6.54 Å². The van der Waals surface area contributed by atoms with Crippen LogP contribution in [0, 0.1) is 11.8 Å². The molecule has 3 atom stereocenters. The first-order valence-corrected chi connectivity index (χ1v) is 10.5. The molecule has 0 spiro atoms. The van der Waals surface area contributed by atoms with Gasteiger partial charge < -0.3 is 4.90 Å². The molecule has 142 valence electrons. The molecule has 1 aromatic carbocycles. The van der Waals surface area contributed by atoms with Gasteiger partial charge in [-0.05, 0) is 54.9 Å². The van der Waals surface area contributed by atoms with E-state index in [-0.39, 0.29) is 5.92 Å². The Morgan fingerprint density at radius 1 is 1.15 bits per heavy atom. The van der Waals surface area contributed by atoms with Gasteiger partial charge >= 0.3 is 0 Å². The minimum atomic E-state index is 0.0702. The summed E-state index contributed by atoms with van der Waals surface area (Å²) >= 11 is 6.57.